The molecule has 5 nitrogen and oxygen atoms in total. The third-order valence-corrected chi connectivity index (χ3v) is 5.25. The van der Waals surface area contributed by atoms with Crippen molar-refractivity contribution in [1.29, 1.82) is 0 Å². The van der Waals surface area contributed by atoms with Crippen molar-refractivity contribution >= 4 is 16.0 Å². The Morgan fingerprint density at radius 3 is 2.56 bits per heavy atom. The monoisotopic (exact) mass is 379 g/mol. The molecule has 1 heterocycles. The average Bonchev–Trinajstić information content (AvgIpc) is 2.58. The van der Waals surface area contributed by atoms with Crippen LogP contribution >= 0.6 is 0 Å². The van der Waals surface area contributed by atoms with Gasteiger partial charge < -0.3 is 4.90 Å². The predicted molar refractivity (Wildman–Crippen MR) is 92.8 cm³/mol. The van der Waals surface area contributed by atoms with E-state index in [0.717, 1.165) is 17.1 Å². The van der Waals surface area contributed by atoms with Gasteiger partial charge >= 0.3 is 0 Å². The molecule has 0 radical (unpaired) electrons. The van der Waals surface area contributed by atoms with Gasteiger partial charge in [-0.3, -0.25) is 8.98 Å². The number of rotatable bonds is 6. The van der Waals surface area contributed by atoms with Gasteiger partial charge in [0, 0.05) is 6.20 Å². The van der Waals surface area contributed by atoms with Crippen LogP contribution < -0.4 is 0 Å². The summed E-state index contributed by atoms with van der Waals surface area (Å²) in [5, 5.41) is -1.12. The number of alkyl halides is 2. The molecule has 0 N–H and O–H groups in total. The normalized spacial score (nSPS) is 25.6. The molecule has 1 rings (SSSR count). The van der Waals surface area contributed by atoms with Crippen molar-refractivity contribution in [3.05, 3.63) is 24.4 Å². The number of allylic oxidation sites excluding steroid dienone is 1. The highest BCUT2D eigenvalue weighted by Gasteiger charge is 2.38. The average molecular weight is 379 g/mol. The first-order valence-electron chi connectivity index (χ1n) is 8.25. The van der Waals surface area contributed by atoms with E-state index in [0.29, 0.717) is 0 Å². The summed E-state index contributed by atoms with van der Waals surface area (Å²) in [7, 11) is -3.99. The molecule has 0 saturated carbocycles. The highest BCUT2D eigenvalue weighted by atomic mass is 32.2. The van der Waals surface area contributed by atoms with Crippen LogP contribution in [0.4, 0.5) is 8.78 Å². The standard InChI is InChI=1S/C17H27F2NO4S/c1-5-17(19)9-8-14(25(22,23)24-13-16(2,3)4)7-6-11-20(12-10-18)15(17)21/h6,8-9,11,14H,5,7,10,12-13H2,1-4H3. The first-order chi connectivity index (χ1) is 11.4. The Morgan fingerprint density at radius 2 is 2.04 bits per heavy atom. The molecule has 0 aromatic heterocycles. The zero-order chi connectivity index (χ0) is 19.3. The molecule has 0 aliphatic carbocycles. The highest BCUT2D eigenvalue weighted by molar-refractivity contribution is 7.87. The molecule has 0 bridgehead atoms. The zero-order valence-electron chi connectivity index (χ0n) is 15.2. The van der Waals surface area contributed by atoms with Crippen LogP contribution in [-0.2, 0) is 19.1 Å². The van der Waals surface area contributed by atoms with E-state index in [9.17, 15) is 22.0 Å². The number of nitrogens with zero attached hydrogens (tertiary/aromatic N) is 1. The minimum Gasteiger partial charge on any atom is -0.314 e. The van der Waals surface area contributed by atoms with Gasteiger partial charge in [0.1, 0.15) is 11.9 Å². The Hall–Kier alpha value is -1.28. The van der Waals surface area contributed by atoms with Crippen molar-refractivity contribution in [2.24, 2.45) is 5.41 Å². The highest BCUT2D eigenvalue weighted by Crippen LogP contribution is 2.26. The van der Waals surface area contributed by atoms with Gasteiger partial charge in [0.05, 0.1) is 13.2 Å². The van der Waals surface area contributed by atoms with Crippen LogP contribution in [0.3, 0.4) is 0 Å². The molecule has 1 aliphatic rings. The number of hydrogen-bond donors (Lipinski definition) is 0. The van der Waals surface area contributed by atoms with Gasteiger partial charge in [-0.05, 0) is 24.3 Å². The topological polar surface area (TPSA) is 63.7 Å². The summed E-state index contributed by atoms with van der Waals surface area (Å²) in [6.45, 7) is 5.85. The molecule has 25 heavy (non-hydrogen) atoms. The molecule has 144 valence electrons. The van der Waals surface area contributed by atoms with E-state index in [-0.39, 0.29) is 31.4 Å². The number of hydrogen-bond acceptors (Lipinski definition) is 4. The molecule has 0 aromatic rings. The van der Waals surface area contributed by atoms with Crippen molar-refractivity contribution in [2.75, 3.05) is 19.8 Å². The van der Waals surface area contributed by atoms with Crippen molar-refractivity contribution < 1.29 is 26.2 Å². The van der Waals surface area contributed by atoms with Gasteiger partial charge in [0.25, 0.3) is 16.0 Å². The van der Waals surface area contributed by atoms with Crippen LogP contribution in [0.15, 0.2) is 24.4 Å². The fourth-order valence-corrected chi connectivity index (χ4v) is 3.45. The molecule has 2 atom stereocenters. The van der Waals surface area contributed by atoms with Crippen molar-refractivity contribution in [3.63, 3.8) is 0 Å². The van der Waals surface area contributed by atoms with E-state index < -0.39 is 33.6 Å². The minimum absolute atomic E-state index is 0.00115. The predicted octanol–water partition coefficient (Wildman–Crippen LogP) is 3.14. The molecule has 0 spiro atoms. The maximum absolute atomic E-state index is 15.0. The van der Waals surface area contributed by atoms with Crippen LogP contribution in [0.1, 0.15) is 40.5 Å². The van der Waals surface area contributed by atoms with E-state index in [1.807, 2.05) is 20.8 Å². The first kappa shape index (κ1) is 21.8. The Morgan fingerprint density at radius 1 is 1.40 bits per heavy atom. The van der Waals surface area contributed by atoms with Crippen molar-refractivity contribution in [2.45, 2.75) is 51.5 Å². The van der Waals surface area contributed by atoms with E-state index in [1.54, 1.807) is 0 Å². The second-order valence-corrected chi connectivity index (χ2v) is 9.06. The molecular weight excluding hydrogens is 352 g/mol. The van der Waals surface area contributed by atoms with Gasteiger partial charge in [-0.1, -0.05) is 39.8 Å². The number of amides is 1. The Labute approximate surface area is 148 Å². The summed E-state index contributed by atoms with van der Waals surface area (Å²) in [5.74, 6) is -0.909. The second kappa shape index (κ2) is 8.40. The summed E-state index contributed by atoms with van der Waals surface area (Å²) in [6, 6.07) is 0. The third kappa shape index (κ3) is 6.18. The van der Waals surface area contributed by atoms with Gasteiger partial charge in [-0.15, -0.1) is 0 Å². The fraction of sp³-hybridized carbons (Fsp3) is 0.706. The fourth-order valence-electron chi connectivity index (χ4n) is 2.13. The lowest BCUT2D eigenvalue weighted by Crippen LogP contribution is -2.43. The molecule has 0 fully saturated rings. The number of carbonyl (C=O) groups is 1. The molecular formula is C17H27F2NO4S. The Kier molecular flexibility index (Phi) is 7.31. The summed E-state index contributed by atoms with van der Waals surface area (Å²) < 4.78 is 57.5. The lowest BCUT2D eigenvalue weighted by molar-refractivity contribution is -0.138. The first-order valence-corrected chi connectivity index (χ1v) is 9.72. The summed E-state index contributed by atoms with van der Waals surface area (Å²) >= 11 is 0. The van der Waals surface area contributed by atoms with Crippen LogP contribution in [0.5, 0.6) is 0 Å². The number of carbonyl (C=O) groups excluding carboxylic acids is 1. The SMILES string of the molecule is CCC1(F)C=CC(S(=O)(=O)OCC(C)(C)C)CC=CN(CCF)C1=O. The quantitative estimate of drug-likeness (QED) is 0.525. The van der Waals surface area contributed by atoms with E-state index in [1.165, 1.54) is 19.2 Å². The van der Waals surface area contributed by atoms with E-state index in [4.69, 9.17) is 4.18 Å². The smallest absolute Gasteiger partial charge is 0.274 e. The molecule has 1 amide bonds. The van der Waals surface area contributed by atoms with Crippen LogP contribution in [-0.4, -0.2) is 50.0 Å². The van der Waals surface area contributed by atoms with Gasteiger partial charge in [-0.25, -0.2) is 8.78 Å². The van der Waals surface area contributed by atoms with Gasteiger partial charge in [0.2, 0.25) is 5.67 Å². The summed E-state index contributed by atoms with van der Waals surface area (Å²) in [6.07, 6.45) is 4.58. The maximum atomic E-state index is 15.0. The van der Waals surface area contributed by atoms with E-state index >= 15 is 0 Å². The van der Waals surface area contributed by atoms with Crippen LogP contribution in [0.2, 0.25) is 0 Å². The van der Waals surface area contributed by atoms with Crippen LogP contribution in [0.25, 0.3) is 0 Å². The maximum Gasteiger partial charge on any atom is 0.274 e. The molecule has 0 aromatic carbocycles. The molecule has 0 saturated heterocycles. The van der Waals surface area contributed by atoms with Gasteiger partial charge in [-0.2, -0.15) is 8.42 Å². The van der Waals surface area contributed by atoms with Gasteiger partial charge in [0.15, 0.2) is 0 Å². The van der Waals surface area contributed by atoms with Crippen LogP contribution in [0, 0.1) is 5.41 Å². The molecule has 8 heteroatoms. The number of halogens is 2. The second-order valence-electron chi connectivity index (χ2n) is 7.24. The largest absolute Gasteiger partial charge is 0.314 e. The zero-order valence-corrected chi connectivity index (χ0v) is 16.0. The third-order valence-electron chi connectivity index (χ3n) is 3.71. The minimum atomic E-state index is -3.99. The van der Waals surface area contributed by atoms with Crippen molar-refractivity contribution in [1.82, 2.24) is 4.90 Å². The van der Waals surface area contributed by atoms with Crippen molar-refractivity contribution in [3.8, 4) is 0 Å². The summed E-state index contributed by atoms with van der Waals surface area (Å²) in [5.41, 5.74) is -2.74. The van der Waals surface area contributed by atoms with E-state index in [2.05, 4.69) is 0 Å². The molecule has 2 unspecified atom stereocenters. The molecule has 1 aliphatic heterocycles. The Balaban J connectivity index is 3.14. The Bertz CT molecular complexity index is 625. The summed E-state index contributed by atoms with van der Waals surface area (Å²) in [4.78, 5) is 13.3. The lowest BCUT2D eigenvalue weighted by atomic mass is 9.99. The lowest BCUT2D eigenvalue weighted by Gasteiger charge is -2.25.